The third-order valence-corrected chi connectivity index (χ3v) is 5.37. The molecule has 0 spiro atoms. The lowest BCUT2D eigenvalue weighted by Gasteiger charge is -2.17. The Morgan fingerprint density at radius 1 is 1.15 bits per heavy atom. The quantitative estimate of drug-likeness (QED) is 0.375. The van der Waals surface area contributed by atoms with E-state index >= 15 is 0 Å². The second-order valence-electron chi connectivity index (χ2n) is 7.38. The Morgan fingerprint density at radius 3 is 2.42 bits per heavy atom. The summed E-state index contributed by atoms with van der Waals surface area (Å²) in [5.74, 6) is -2.29. The summed E-state index contributed by atoms with van der Waals surface area (Å²) < 4.78 is 5.10. The third kappa shape index (κ3) is 7.10. The molecule has 1 aliphatic rings. The van der Waals surface area contributed by atoms with E-state index < -0.39 is 17.9 Å². The molecule has 1 aromatic carbocycles. The standard InChI is InChI=1S/C22H21Cl2N3O6/c23-15-8-12(10-25-18(28)6-5-14-2-1-7-33-14)9-16(24)19(15)21(30)27-17(22(31)32)11-26-20(29)13-3-4-13/h1-2,5-9,13,17H,3-4,10-11H2,(H,25,28)(H,26,29)(H,27,30)(H,31,32)/b6-5+. The molecule has 2 aromatic rings. The normalized spacial score (nSPS) is 14.0. The summed E-state index contributed by atoms with van der Waals surface area (Å²) >= 11 is 12.4. The minimum Gasteiger partial charge on any atom is -0.480 e. The Morgan fingerprint density at radius 2 is 1.85 bits per heavy atom. The summed E-state index contributed by atoms with van der Waals surface area (Å²) in [7, 11) is 0. The first-order valence-electron chi connectivity index (χ1n) is 10.0. The highest BCUT2D eigenvalue weighted by Gasteiger charge is 2.31. The number of nitrogens with one attached hydrogen (secondary N) is 3. The number of carboxylic acid groups (broad SMARTS) is 1. The lowest BCUT2D eigenvalue weighted by molar-refractivity contribution is -0.139. The van der Waals surface area contributed by atoms with Crippen molar-refractivity contribution < 1.29 is 28.7 Å². The molecule has 0 radical (unpaired) electrons. The molecule has 1 heterocycles. The Labute approximate surface area is 199 Å². The van der Waals surface area contributed by atoms with E-state index in [2.05, 4.69) is 16.0 Å². The van der Waals surface area contributed by atoms with E-state index in [0.717, 1.165) is 12.8 Å². The average molecular weight is 494 g/mol. The van der Waals surface area contributed by atoms with Gasteiger partial charge in [-0.1, -0.05) is 23.2 Å². The minimum atomic E-state index is -1.35. The number of hydrogen-bond donors (Lipinski definition) is 4. The molecule has 11 heteroatoms. The highest BCUT2D eigenvalue weighted by molar-refractivity contribution is 6.39. The van der Waals surface area contributed by atoms with Crippen molar-refractivity contribution in [3.05, 3.63) is 63.5 Å². The van der Waals surface area contributed by atoms with Crippen LogP contribution in [0.5, 0.6) is 0 Å². The summed E-state index contributed by atoms with van der Waals surface area (Å²) in [4.78, 5) is 47.8. The van der Waals surface area contributed by atoms with Gasteiger partial charge in [0, 0.05) is 25.1 Å². The molecule has 3 rings (SSSR count). The summed E-state index contributed by atoms with van der Waals surface area (Å²) in [6.07, 6.45) is 5.84. The molecule has 174 valence electrons. The first-order chi connectivity index (χ1) is 15.7. The third-order valence-electron chi connectivity index (χ3n) is 4.77. The number of carboxylic acids is 1. The van der Waals surface area contributed by atoms with Crippen LogP contribution >= 0.6 is 23.2 Å². The second kappa shape index (κ2) is 11.0. The topological polar surface area (TPSA) is 138 Å². The van der Waals surface area contributed by atoms with Crippen molar-refractivity contribution >= 4 is 53.0 Å². The summed E-state index contributed by atoms with van der Waals surface area (Å²) in [5, 5.41) is 16.8. The van der Waals surface area contributed by atoms with Gasteiger partial charge in [-0.2, -0.15) is 0 Å². The maximum absolute atomic E-state index is 12.6. The van der Waals surface area contributed by atoms with Gasteiger partial charge in [-0.05, 0) is 48.7 Å². The van der Waals surface area contributed by atoms with Gasteiger partial charge in [-0.15, -0.1) is 0 Å². The van der Waals surface area contributed by atoms with Crippen molar-refractivity contribution in [1.29, 1.82) is 0 Å². The van der Waals surface area contributed by atoms with Crippen LogP contribution in [0.15, 0.2) is 41.0 Å². The predicted octanol–water partition coefficient (Wildman–Crippen LogP) is 2.63. The van der Waals surface area contributed by atoms with E-state index in [0.29, 0.717) is 11.3 Å². The minimum absolute atomic E-state index is 0.0125. The van der Waals surface area contributed by atoms with E-state index in [-0.39, 0.29) is 46.4 Å². The van der Waals surface area contributed by atoms with Crippen LogP contribution in [-0.2, 0) is 20.9 Å². The van der Waals surface area contributed by atoms with E-state index in [4.69, 9.17) is 27.6 Å². The van der Waals surface area contributed by atoms with E-state index in [1.165, 1.54) is 30.5 Å². The van der Waals surface area contributed by atoms with Crippen LogP contribution in [0.3, 0.4) is 0 Å². The van der Waals surface area contributed by atoms with E-state index in [9.17, 15) is 24.3 Å². The van der Waals surface area contributed by atoms with Gasteiger partial charge in [0.1, 0.15) is 11.8 Å². The molecule has 0 saturated heterocycles. The van der Waals surface area contributed by atoms with Crippen LogP contribution in [0.4, 0.5) is 0 Å². The number of carbonyl (C=O) groups excluding carboxylic acids is 3. The SMILES string of the molecule is O=C(/C=C/c1ccco1)NCc1cc(Cl)c(C(=O)NC(CNC(=O)C2CC2)C(=O)O)c(Cl)c1. The molecule has 1 aromatic heterocycles. The maximum atomic E-state index is 12.6. The molecule has 1 aliphatic carbocycles. The van der Waals surface area contributed by atoms with Crippen molar-refractivity contribution in [2.75, 3.05) is 6.54 Å². The monoisotopic (exact) mass is 493 g/mol. The molecule has 0 bridgehead atoms. The number of amides is 3. The molecule has 33 heavy (non-hydrogen) atoms. The van der Waals surface area contributed by atoms with Crippen molar-refractivity contribution in [3.63, 3.8) is 0 Å². The molecule has 9 nitrogen and oxygen atoms in total. The van der Waals surface area contributed by atoms with Gasteiger partial charge in [-0.25, -0.2) is 4.79 Å². The maximum Gasteiger partial charge on any atom is 0.328 e. The molecule has 4 N–H and O–H groups in total. The molecule has 0 aliphatic heterocycles. The fraction of sp³-hybridized carbons (Fsp3) is 0.273. The number of furan rings is 1. The average Bonchev–Trinajstić information content (AvgIpc) is 3.48. The van der Waals surface area contributed by atoms with Gasteiger partial charge in [0.2, 0.25) is 11.8 Å². The van der Waals surface area contributed by atoms with E-state index in [1.807, 2.05) is 0 Å². The number of halogens is 2. The highest BCUT2D eigenvalue weighted by atomic mass is 35.5. The Balaban J connectivity index is 1.59. The van der Waals surface area contributed by atoms with Gasteiger partial charge >= 0.3 is 5.97 Å². The van der Waals surface area contributed by atoms with Crippen LogP contribution in [-0.4, -0.2) is 41.4 Å². The summed E-state index contributed by atoms with van der Waals surface area (Å²) in [5.41, 5.74) is 0.429. The van der Waals surface area contributed by atoms with Gasteiger partial charge in [0.05, 0.1) is 21.9 Å². The Hall–Kier alpha value is -3.30. The van der Waals surface area contributed by atoms with Crippen LogP contribution in [0.25, 0.3) is 6.08 Å². The molecule has 1 atom stereocenters. The second-order valence-corrected chi connectivity index (χ2v) is 8.20. The van der Waals surface area contributed by atoms with Crippen LogP contribution in [0.1, 0.15) is 34.5 Å². The van der Waals surface area contributed by atoms with Gasteiger partial charge in [0.15, 0.2) is 0 Å². The first kappa shape index (κ1) is 24.3. The number of carbonyl (C=O) groups is 4. The lowest BCUT2D eigenvalue weighted by Crippen LogP contribution is -2.48. The smallest absolute Gasteiger partial charge is 0.328 e. The van der Waals surface area contributed by atoms with Crippen LogP contribution in [0.2, 0.25) is 10.0 Å². The summed E-state index contributed by atoms with van der Waals surface area (Å²) in [6.45, 7) is -0.172. The highest BCUT2D eigenvalue weighted by Crippen LogP contribution is 2.29. The van der Waals surface area contributed by atoms with Crippen molar-refractivity contribution in [3.8, 4) is 0 Å². The van der Waals surface area contributed by atoms with Gasteiger partial charge in [-0.3, -0.25) is 14.4 Å². The zero-order valence-corrected chi connectivity index (χ0v) is 18.8. The fourth-order valence-corrected chi connectivity index (χ4v) is 3.56. The molecule has 1 saturated carbocycles. The van der Waals surface area contributed by atoms with Gasteiger partial charge in [0.25, 0.3) is 5.91 Å². The van der Waals surface area contributed by atoms with Crippen molar-refractivity contribution in [2.45, 2.75) is 25.4 Å². The number of aliphatic carboxylic acids is 1. The fourth-order valence-electron chi connectivity index (χ4n) is 2.86. The predicted molar refractivity (Wildman–Crippen MR) is 121 cm³/mol. The first-order valence-corrected chi connectivity index (χ1v) is 10.8. The molecular formula is C22H21Cl2N3O6. The largest absolute Gasteiger partial charge is 0.480 e. The number of hydrogen-bond acceptors (Lipinski definition) is 5. The number of benzene rings is 1. The van der Waals surface area contributed by atoms with Crippen LogP contribution in [0, 0.1) is 5.92 Å². The van der Waals surface area contributed by atoms with Crippen molar-refractivity contribution in [2.24, 2.45) is 5.92 Å². The molecule has 1 fully saturated rings. The molecule has 3 amide bonds. The molecular weight excluding hydrogens is 473 g/mol. The number of rotatable bonds is 10. The Bertz CT molecular complexity index is 1060. The molecule has 1 unspecified atom stereocenters. The Kier molecular flexibility index (Phi) is 8.13. The van der Waals surface area contributed by atoms with Crippen LogP contribution < -0.4 is 16.0 Å². The van der Waals surface area contributed by atoms with Crippen molar-refractivity contribution in [1.82, 2.24) is 16.0 Å². The zero-order valence-electron chi connectivity index (χ0n) is 17.3. The van der Waals surface area contributed by atoms with Gasteiger partial charge < -0.3 is 25.5 Å². The lowest BCUT2D eigenvalue weighted by atomic mass is 10.1. The zero-order chi connectivity index (χ0) is 24.0. The van der Waals surface area contributed by atoms with E-state index in [1.54, 1.807) is 12.1 Å². The summed E-state index contributed by atoms with van der Waals surface area (Å²) in [6, 6.07) is 4.94.